The SMILES string of the molecule is C=C(C)/C=C(\C)[C@@H](C)O[C@@H](CC)CO.CC.CC. The summed E-state index contributed by atoms with van der Waals surface area (Å²) in [5.74, 6) is 0. The molecule has 0 unspecified atom stereocenters. The largest absolute Gasteiger partial charge is 0.394 e. The molecule has 18 heavy (non-hydrogen) atoms. The lowest BCUT2D eigenvalue weighted by Gasteiger charge is -2.20. The molecular formula is C16H34O2. The maximum absolute atomic E-state index is 8.98. The molecule has 0 rings (SSSR count). The Morgan fingerprint density at radius 3 is 1.94 bits per heavy atom. The Labute approximate surface area is 115 Å². The summed E-state index contributed by atoms with van der Waals surface area (Å²) in [5.41, 5.74) is 2.17. The van der Waals surface area contributed by atoms with Gasteiger partial charge in [-0.2, -0.15) is 0 Å². The second kappa shape index (κ2) is 16.4. The minimum atomic E-state index is -0.0570. The summed E-state index contributed by atoms with van der Waals surface area (Å²) in [4.78, 5) is 0. The van der Waals surface area contributed by atoms with Gasteiger partial charge in [-0.1, -0.05) is 52.8 Å². The lowest BCUT2D eigenvalue weighted by atomic mass is 10.1. The van der Waals surface area contributed by atoms with Gasteiger partial charge in [-0.15, -0.1) is 0 Å². The zero-order valence-electron chi connectivity index (χ0n) is 13.7. The van der Waals surface area contributed by atoms with Crippen molar-refractivity contribution in [2.75, 3.05) is 6.61 Å². The van der Waals surface area contributed by atoms with E-state index in [1.54, 1.807) is 0 Å². The van der Waals surface area contributed by atoms with Crippen molar-refractivity contribution in [1.82, 2.24) is 0 Å². The smallest absolute Gasteiger partial charge is 0.0811 e. The molecule has 0 bridgehead atoms. The molecule has 0 saturated carbocycles. The van der Waals surface area contributed by atoms with Crippen LogP contribution >= 0.6 is 0 Å². The Balaban J connectivity index is -0.000000506. The molecule has 0 aliphatic rings. The van der Waals surface area contributed by atoms with Crippen molar-refractivity contribution in [2.45, 2.75) is 74.0 Å². The lowest BCUT2D eigenvalue weighted by Crippen LogP contribution is -2.23. The third kappa shape index (κ3) is 13.5. The zero-order chi connectivity index (χ0) is 15.1. The molecule has 0 aliphatic heterocycles. The summed E-state index contributed by atoms with van der Waals surface area (Å²) >= 11 is 0. The number of hydrogen-bond donors (Lipinski definition) is 1. The molecular weight excluding hydrogens is 224 g/mol. The zero-order valence-corrected chi connectivity index (χ0v) is 13.7. The summed E-state index contributed by atoms with van der Waals surface area (Å²) in [7, 11) is 0. The molecule has 2 atom stereocenters. The average molecular weight is 258 g/mol. The summed E-state index contributed by atoms with van der Waals surface area (Å²) in [6.45, 7) is 19.9. The summed E-state index contributed by atoms with van der Waals surface area (Å²) in [5, 5.41) is 8.98. The van der Waals surface area contributed by atoms with Crippen LogP contribution in [-0.4, -0.2) is 23.9 Å². The van der Waals surface area contributed by atoms with Gasteiger partial charge in [-0.05, 0) is 32.8 Å². The van der Waals surface area contributed by atoms with Crippen molar-refractivity contribution in [2.24, 2.45) is 0 Å². The second-order valence-corrected chi connectivity index (χ2v) is 3.73. The highest BCUT2D eigenvalue weighted by molar-refractivity contribution is 5.19. The van der Waals surface area contributed by atoms with E-state index in [1.165, 1.54) is 0 Å². The first-order valence-corrected chi connectivity index (χ1v) is 7.11. The highest BCUT2D eigenvalue weighted by Gasteiger charge is 2.11. The molecule has 2 heteroatoms. The van der Waals surface area contributed by atoms with Gasteiger partial charge in [0.05, 0.1) is 18.8 Å². The van der Waals surface area contributed by atoms with Crippen molar-refractivity contribution in [1.29, 1.82) is 0 Å². The normalized spacial score (nSPS) is 13.5. The molecule has 2 nitrogen and oxygen atoms in total. The topological polar surface area (TPSA) is 29.5 Å². The Hall–Kier alpha value is -0.600. The number of ether oxygens (including phenoxy) is 1. The number of rotatable bonds is 6. The van der Waals surface area contributed by atoms with E-state index < -0.39 is 0 Å². The molecule has 0 aromatic rings. The predicted molar refractivity (Wildman–Crippen MR) is 83.0 cm³/mol. The molecule has 0 heterocycles. The number of hydrogen-bond acceptors (Lipinski definition) is 2. The van der Waals surface area contributed by atoms with Crippen LogP contribution in [0.15, 0.2) is 23.8 Å². The van der Waals surface area contributed by atoms with Gasteiger partial charge in [0.1, 0.15) is 0 Å². The third-order valence-corrected chi connectivity index (χ3v) is 2.17. The van der Waals surface area contributed by atoms with Crippen LogP contribution in [0.4, 0.5) is 0 Å². The minimum Gasteiger partial charge on any atom is -0.394 e. The van der Waals surface area contributed by atoms with Crippen LogP contribution < -0.4 is 0 Å². The number of allylic oxidation sites excluding steroid dienone is 2. The molecule has 0 fully saturated rings. The summed E-state index contributed by atoms with van der Waals surface area (Å²) in [6, 6.07) is 0. The molecule has 0 amide bonds. The van der Waals surface area contributed by atoms with Gasteiger partial charge < -0.3 is 9.84 Å². The first-order chi connectivity index (χ1) is 8.51. The fourth-order valence-electron chi connectivity index (χ4n) is 1.17. The van der Waals surface area contributed by atoms with Crippen molar-refractivity contribution in [3.05, 3.63) is 23.8 Å². The first-order valence-electron chi connectivity index (χ1n) is 7.11. The number of aliphatic hydroxyl groups excluding tert-OH is 1. The standard InChI is InChI=1S/C12H22O2.2C2H6/c1-6-12(8-13)14-11(5)10(4)7-9(2)3;2*1-2/h7,11-13H,2,6,8H2,1,3-5H3;2*1-2H3/b10-7+;;/t11-,12+;;/m1../s1. The van der Waals surface area contributed by atoms with Crippen LogP contribution in [0.5, 0.6) is 0 Å². The maximum Gasteiger partial charge on any atom is 0.0811 e. The van der Waals surface area contributed by atoms with Crippen LogP contribution in [0.3, 0.4) is 0 Å². The highest BCUT2D eigenvalue weighted by atomic mass is 16.5. The average Bonchev–Trinajstić information content (AvgIpc) is 2.39. The van der Waals surface area contributed by atoms with E-state index in [2.05, 4.69) is 6.58 Å². The minimum absolute atomic E-state index is 0.0452. The van der Waals surface area contributed by atoms with Gasteiger partial charge in [0.25, 0.3) is 0 Å². The van der Waals surface area contributed by atoms with Gasteiger partial charge in [0, 0.05) is 0 Å². The molecule has 0 aliphatic carbocycles. The van der Waals surface area contributed by atoms with Crippen LogP contribution in [0, 0.1) is 0 Å². The Morgan fingerprint density at radius 2 is 1.67 bits per heavy atom. The van der Waals surface area contributed by atoms with Crippen molar-refractivity contribution < 1.29 is 9.84 Å². The molecule has 0 aromatic heterocycles. The highest BCUT2D eigenvalue weighted by Crippen LogP contribution is 2.11. The number of aliphatic hydroxyl groups is 1. The van der Waals surface area contributed by atoms with Crippen LogP contribution in [0.1, 0.15) is 61.8 Å². The fourth-order valence-corrected chi connectivity index (χ4v) is 1.17. The third-order valence-electron chi connectivity index (χ3n) is 2.17. The van der Waals surface area contributed by atoms with E-state index in [-0.39, 0.29) is 18.8 Å². The van der Waals surface area contributed by atoms with Gasteiger partial charge in [0.2, 0.25) is 0 Å². The summed E-state index contributed by atoms with van der Waals surface area (Å²) < 4.78 is 5.65. The first kappa shape index (κ1) is 22.6. The van der Waals surface area contributed by atoms with Crippen LogP contribution in [0.2, 0.25) is 0 Å². The monoisotopic (exact) mass is 258 g/mol. The van der Waals surface area contributed by atoms with E-state index in [0.717, 1.165) is 17.6 Å². The van der Waals surface area contributed by atoms with Crippen molar-refractivity contribution in [3.8, 4) is 0 Å². The Bertz CT molecular complexity index is 203. The molecule has 0 radical (unpaired) electrons. The van der Waals surface area contributed by atoms with Gasteiger partial charge >= 0.3 is 0 Å². The van der Waals surface area contributed by atoms with Gasteiger partial charge in [-0.3, -0.25) is 0 Å². The molecule has 110 valence electrons. The van der Waals surface area contributed by atoms with E-state index in [0.29, 0.717) is 0 Å². The molecule has 1 N–H and O–H groups in total. The van der Waals surface area contributed by atoms with Crippen molar-refractivity contribution >= 4 is 0 Å². The predicted octanol–water partition coefficient (Wildman–Crippen LogP) is 4.74. The fraction of sp³-hybridized carbons (Fsp3) is 0.750. The maximum atomic E-state index is 8.98. The lowest BCUT2D eigenvalue weighted by molar-refractivity contribution is -0.0173. The van der Waals surface area contributed by atoms with Crippen LogP contribution in [0.25, 0.3) is 0 Å². The molecule has 0 spiro atoms. The molecule has 0 aromatic carbocycles. The van der Waals surface area contributed by atoms with E-state index in [4.69, 9.17) is 9.84 Å². The Kier molecular flexibility index (Phi) is 20.6. The van der Waals surface area contributed by atoms with E-state index in [9.17, 15) is 0 Å². The quantitative estimate of drug-likeness (QED) is 0.697. The van der Waals surface area contributed by atoms with E-state index >= 15 is 0 Å². The Morgan fingerprint density at radius 1 is 1.22 bits per heavy atom. The molecule has 0 saturated heterocycles. The van der Waals surface area contributed by atoms with Crippen LogP contribution in [-0.2, 0) is 4.74 Å². The van der Waals surface area contributed by atoms with Gasteiger partial charge in [-0.25, -0.2) is 0 Å². The van der Waals surface area contributed by atoms with E-state index in [1.807, 2.05) is 61.5 Å². The second-order valence-electron chi connectivity index (χ2n) is 3.73. The summed E-state index contributed by atoms with van der Waals surface area (Å²) in [6.07, 6.45) is 2.83. The van der Waals surface area contributed by atoms with Crippen molar-refractivity contribution in [3.63, 3.8) is 0 Å². The van der Waals surface area contributed by atoms with Gasteiger partial charge in [0.15, 0.2) is 0 Å².